The van der Waals surface area contributed by atoms with Crippen LogP contribution in [-0.2, 0) is 6.18 Å². The van der Waals surface area contributed by atoms with Crippen LogP contribution >= 0.6 is 23.3 Å². The summed E-state index contributed by atoms with van der Waals surface area (Å²) in [6, 6.07) is 0.0824. The van der Waals surface area contributed by atoms with Crippen LogP contribution in [0.2, 0.25) is 0 Å². The fourth-order valence-corrected chi connectivity index (χ4v) is 2.32. The molecule has 0 fully saturated rings. The van der Waals surface area contributed by atoms with E-state index in [4.69, 9.17) is 0 Å². The van der Waals surface area contributed by atoms with E-state index in [1.54, 1.807) is 11.8 Å². The first-order valence-corrected chi connectivity index (χ1v) is 6.61. The Labute approximate surface area is 100 Å². The monoisotopic (exact) mass is 271 g/mol. The highest BCUT2D eigenvalue weighted by Crippen LogP contribution is 2.29. The number of aromatic nitrogens is 2. The second kappa shape index (κ2) is 5.72. The lowest BCUT2D eigenvalue weighted by atomic mass is 10.4. The predicted octanol–water partition coefficient (Wildman–Crippen LogP) is 3.11. The molecule has 1 aromatic heterocycles. The number of anilines is 1. The molecule has 92 valence electrons. The molecule has 8 heteroatoms. The highest BCUT2D eigenvalue weighted by Gasteiger charge is 2.36. The molecule has 1 heterocycles. The van der Waals surface area contributed by atoms with Crippen LogP contribution in [0.25, 0.3) is 0 Å². The minimum Gasteiger partial charge on any atom is -0.357 e. The van der Waals surface area contributed by atoms with Crippen LogP contribution < -0.4 is 5.32 Å². The lowest BCUT2D eigenvalue weighted by molar-refractivity contribution is -0.144. The molecule has 0 saturated heterocycles. The summed E-state index contributed by atoms with van der Waals surface area (Å²) in [5.74, 6) is 0.739. The van der Waals surface area contributed by atoms with Gasteiger partial charge >= 0.3 is 6.18 Å². The molecule has 0 aliphatic heterocycles. The molecule has 0 saturated carbocycles. The van der Waals surface area contributed by atoms with E-state index in [1.807, 2.05) is 13.8 Å². The summed E-state index contributed by atoms with van der Waals surface area (Å²) in [4.78, 5) is 3.39. The Morgan fingerprint density at radius 1 is 1.50 bits per heavy atom. The topological polar surface area (TPSA) is 37.8 Å². The summed E-state index contributed by atoms with van der Waals surface area (Å²) < 4.78 is 39.8. The van der Waals surface area contributed by atoms with Crippen molar-refractivity contribution in [2.75, 3.05) is 16.8 Å². The lowest BCUT2D eigenvalue weighted by Gasteiger charge is -2.10. The first-order valence-electron chi connectivity index (χ1n) is 4.68. The second-order valence-electron chi connectivity index (χ2n) is 3.13. The third-order valence-electron chi connectivity index (χ3n) is 1.62. The number of alkyl halides is 3. The quantitative estimate of drug-likeness (QED) is 0.893. The molecule has 1 atom stereocenters. The van der Waals surface area contributed by atoms with Gasteiger partial charge in [-0.15, -0.1) is 0 Å². The standard InChI is InChI=1S/C8H12F3N3S2/c1-3-15-4-5(2)12-7-13-6(14-16-7)8(9,10)11/h5H,3-4H2,1-2H3,(H,12,13,14). The van der Waals surface area contributed by atoms with E-state index in [0.717, 1.165) is 23.0 Å². The summed E-state index contributed by atoms with van der Waals surface area (Å²) in [6.07, 6.45) is -4.46. The lowest BCUT2D eigenvalue weighted by Crippen LogP contribution is -2.18. The van der Waals surface area contributed by atoms with Gasteiger partial charge in [-0.1, -0.05) is 6.92 Å². The zero-order valence-corrected chi connectivity index (χ0v) is 10.5. The average Bonchev–Trinajstić information content (AvgIpc) is 2.62. The zero-order valence-electron chi connectivity index (χ0n) is 8.84. The minimum absolute atomic E-state index is 0.0824. The van der Waals surface area contributed by atoms with Gasteiger partial charge in [0.15, 0.2) is 0 Å². The summed E-state index contributed by atoms with van der Waals surface area (Å²) >= 11 is 2.46. The summed E-state index contributed by atoms with van der Waals surface area (Å²) in [6.45, 7) is 3.93. The van der Waals surface area contributed by atoms with Gasteiger partial charge in [-0.3, -0.25) is 0 Å². The van der Waals surface area contributed by atoms with Crippen LogP contribution in [-0.4, -0.2) is 26.9 Å². The molecule has 0 aromatic carbocycles. The highest BCUT2D eigenvalue weighted by molar-refractivity contribution is 7.99. The van der Waals surface area contributed by atoms with Crippen LogP contribution in [0.3, 0.4) is 0 Å². The minimum atomic E-state index is -4.46. The van der Waals surface area contributed by atoms with Gasteiger partial charge in [-0.25, -0.2) is 0 Å². The van der Waals surface area contributed by atoms with Gasteiger partial charge in [0.2, 0.25) is 11.0 Å². The maximum Gasteiger partial charge on any atom is 0.452 e. The van der Waals surface area contributed by atoms with Gasteiger partial charge in [0.1, 0.15) is 0 Å². The van der Waals surface area contributed by atoms with Crippen LogP contribution in [0.15, 0.2) is 0 Å². The molecule has 0 spiro atoms. The Morgan fingerprint density at radius 3 is 2.69 bits per heavy atom. The third kappa shape index (κ3) is 4.17. The summed E-state index contributed by atoms with van der Waals surface area (Å²) in [5.41, 5.74) is 0. The van der Waals surface area contributed by atoms with Crippen molar-refractivity contribution in [2.45, 2.75) is 26.1 Å². The van der Waals surface area contributed by atoms with Crippen LogP contribution in [0.4, 0.5) is 18.3 Å². The Morgan fingerprint density at radius 2 is 2.19 bits per heavy atom. The molecule has 1 rings (SSSR count). The van der Waals surface area contributed by atoms with Gasteiger partial charge in [0.25, 0.3) is 0 Å². The highest BCUT2D eigenvalue weighted by atomic mass is 32.2. The van der Waals surface area contributed by atoms with Gasteiger partial charge in [0.05, 0.1) is 0 Å². The maximum atomic E-state index is 12.2. The summed E-state index contributed by atoms with van der Waals surface area (Å²) in [7, 11) is 0. The van der Waals surface area contributed by atoms with E-state index in [9.17, 15) is 13.2 Å². The smallest absolute Gasteiger partial charge is 0.357 e. The van der Waals surface area contributed by atoms with Crippen molar-refractivity contribution in [1.82, 2.24) is 9.36 Å². The van der Waals surface area contributed by atoms with Crippen LogP contribution in [0.5, 0.6) is 0 Å². The SMILES string of the molecule is CCSCC(C)Nc1nc(C(F)(F)F)ns1. The molecule has 0 aliphatic carbocycles. The molecular weight excluding hydrogens is 259 g/mol. The van der Waals surface area contributed by atoms with Crippen LogP contribution in [0.1, 0.15) is 19.7 Å². The number of hydrogen-bond acceptors (Lipinski definition) is 5. The van der Waals surface area contributed by atoms with E-state index in [-0.39, 0.29) is 11.2 Å². The Bertz CT molecular complexity index is 327. The van der Waals surface area contributed by atoms with Crippen molar-refractivity contribution in [3.63, 3.8) is 0 Å². The van der Waals surface area contributed by atoms with E-state index < -0.39 is 12.0 Å². The zero-order chi connectivity index (χ0) is 12.2. The molecule has 1 unspecified atom stereocenters. The fraction of sp³-hybridized carbons (Fsp3) is 0.750. The first kappa shape index (κ1) is 13.6. The van der Waals surface area contributed by atoms with E-state index >= 15 is 0 Å². The molecule has 1 aromatic rings. The Balaban J connectivity index is 2.52. The number of thioether (sulfide) groups is 1. The van der Waals surface area contributed by atoms with Crippen LogP contribution in [0, 0.1) is 0 Å². The predicted molar refractivity (Wildman–Crippen MR) is 61.0 cm³/mol. The molecular formula is C8H12F3N3S2. The van der Waals surface area contributed by atoms with Crippen molar-refractivity contribution in [2.24, 2.45) is 0 Å². The average molecular weight is 271 g/mol. The number of rotatable bonds is 5. The molecule has 3 nitrogen and oxygen atoms in total. The van der Waals surface area contributed by atoms with E-state index in [1.165, 1.54) is 0 Å². The molecule has 16 heavy (non-hydrogen) atoms. The number of nitrogens with one attached hydrogen (secondary N) is 1. The molecule has 0 aliphatic rings. The normalized spacial score (nSPS) is 13.8. The van der Waals surface area contributed by atoms with Crippen molar-refractivity contribution >= 4 is 28.4 Å². The largest absolute Gasteiger partial charge is 0.452 e. The molecule has 0 amide bonds. The third-order valence-corrected chi connectivity index (χ3v) is 3.41. The number of halogens is 3. The van der Waals surface area contributed by atoms with E-state index in [2.05, 4.69) is 14.7 Å². The van der Waals surface area contributed by atoms with Crippen molar-refractivity contribution in [3.05, 3.63) is 5.82 Å². The van der Waals surface area contributed by atoms with E-state index in [0.29, 0.717) is 0 Å². The molecule has 0 radical (unpaired) electrons. The fourth-order valence-electron chi connectivity index (χ4n) is 0.944. The first-order chi connectivity index (χ1) is 7.43. The van der Waals surface area contributed by atoms with Crippen molar-refractivity contribution in [1.29, 1.82) is 0 Å². The van der Waals surface area contributed by atoms with Crippen molar-refractivity contribution in [3.8, 4) is 0 Å². The Hall–Kier alpha value is -0.500. The van der Waals surface area contributed by atoms with Gasteiger partial charge in [-0.2, -0.15) is 34.3 Å². The summed E-state index contributed by atoms with van der Waals surface area (Å²) in [5, 5.41) is 3.11. The van der Waals surface area contributed by atoms with Gasteiger partial charge in [0, 0.05) is 23.3 Å². The van der Waals surface area contributed by atoms with Gasteiger partial charge < -0.3 is 5.32 Å². The second-order valence-corrected chi connectivity index (χ2v) is 5.20. The molecule has 0 bridgehead atoms. The number of nitrogens with zero attached hydrogens (tertiary/aromatic N) is 2. The molecule has 1 N–H and O–H groups in total. The van der Waals surface area contributed by atoms with Crippen molar-refractivity contribution < 1.29 is 13.2 Å². The number of hydrogen-bond donors (Lipinski definition) is 1. The Kier molecular flexibility index (Phi) is 4.85. The maximum absolute atomic E-state index is 12.2. The van der Waals surface area contributed by atoms with Gasteiger partial charge in [-0.05, 0) is 12.7 Å².